The van der Waals surface area contributed by atoms with Crippen LogP contribution in [0, 0.1) is 22.2 Å². The molecule has 0 bridgehead atoms. The Kier molecular flexibility index (Phi) is 2.48. The van der Waals surface area contributed by atoms with Crippen LogP contribution in [-0.2, 0) is 0 Å². The predicted molar refractivity (Wildman–Crippen MR) is 66.9 cm³/mol. The normalized spacial score (nSPS) is 37.0. The molecule has 0 aromatic rings. The van der Waals surface area contributed by atoms with Gasteiger partial charge in [-0.2, -0.15) is 0 Å². The average Bonchev–Trinajstić information content (AvgIpc) is 2.54. The molecule has 2 fully saturated rings. The fraction of sp³-hybridized carbons (Fsp3) is 1.00. The van der Waals surface area contributed by atoms with Crippen LogP contribution < -0.4 is 0 Å². The largest absolute Gasteiger partial charge is 0.0599 e. The van der Waals surface area contributed by atoms with Gasteiger partial charge in [0.25, 0.3) is 0 Å². The van der Waals surface area contributed by atoms with Crippen molar-refractivity contribution < 1.29 is 0 Å². The summed E-state index contributed by atoms with van der Waals surface area (Å²) in [5.41, 5.74) is 1.82. The summed E-state index contributed by atoms with van der Waals surface area (Å²) in [6.45, 7) is 12.5. The van der Waals surface area contributed by atoms with Crippen molar-refractivity contribution in [1.29, 1.82) is 0 Å². The summed E-state index contributed by atoms with van der Waals surface area (Å²) in [7, 11) is 0. The van der Waals surface area contributed by atoms with Crippen LogP contribution in [0.3, 0.4) is 0 Å². The molecule has 0 aliphatic heterocycles. The van der Waals surface area contributed by atoms with Gasteiger partial charge in [-0.15, -0.1) is 0 Å². The van der Waals surface area contributed by atoms with Gasteiger partial charge < -0.3 is 0 Å². The van der Waals surface area contributed by atoms with Crippen molar-refractivity contribution in [2.24, 2.45) is 22.2 Å². The van der Waals surface area contributed by atoms with Crippen LogP contribution in [0.4, 0.5) is 0 Å². The number of rotatable bonds is 1. The molecule has 2 saturated carbocycles. The summed E-state index contributed by atoms with van der Waals surface area (Å²) >= 11 is 0. The Balaban J connectivity index is 2.22. The minimum atomic E-state index is 0.572. The minimum absolute atomic E-state index is 0.572. The maximum atomic E-state index is 2.56. The Morgan fingerprint density at radius 1 is 0.867 bits per heavy atom. The topological polar surface area (TPSA) is 0 Å². The fourth-order valence-corrected chi connectivity index (χ4v) is 4.98. The average molecular weight is 208 g/mol. The van der Waals surface area contributed by atoms with Crippen LogP contribution in [0.5, 0.6) is 0 Å². The van der Waals surface area contributed by atoms with Gasteiger partial charge in [0.2, 0.25) is 0 Å². The second-order valence-electron chi connectivity index (χ2n) is 7.95. The lowest BCUT2D eigenvalue weighted by Gasteiger charge is -2.40. The summed E-state index contributed by atoms with van der Waals surface area (Å²) in [5, 5.41) is 0. The third kappa shape index (κ3) is 1.97. The molecule has 0 radical (unpaired) electrons. The van der Waals surface area contributed by atoms with E-state index in [-0.39, 0.29) is 0 Å². The zero-order valence-corrected chi connectivity index (χ0v) is 11.3. The molecule has 0 aromatic carbocycles. The lowest BCUT2D eigenvalue weighted by atomic mass is 9.65. The van der Waals surface area contributed by atoms with E-state index in [0.717, 1.165) is 5.92 Å². The smallest absolute Gasteiger partial charge is 0.0292 e. The Bertz CT molecular complexity index is 241. The summed E-state index contributed by atoms with van der Waals surface area (Å²) < 4.78 is 0. The molecule has 88 valence electrons. The second kappa shape index (κ2) is 3.25. The van der Waals surface area contributed by atoms with Crippen LogP contribution >= 0.6 is 0 Å². The molecule has 0 saturated heterocycles. The lowest BCUT2D eigenvalue weighted by molar-refractivity contribution is 0.0919. The van der Waals surface area contributed by atoms with Gasteiger partial charge in [-0.1, -0.05) is 47.5 Å². The Hall–Kier alpha value is 0. The summed E-state index contributed by atoms with van der Waals surface area (Å²) in [4.78, 5) is 0. The SMILES string of the molecule is CC1(C)CC(C2(C)CCCC2)C(C)(C)C1. The summed E-state index contributed by atoms with van der Waals surface area (Å²) in [5.74, 6) is 0.961. The van der Waals surface area contributed by atoms with Crippen molar-refractivity contribution in [3.05, 3.63) is 0 Å². The molecule has 0 nitrogen and oxygen atoms in total. The molecule has 0 amide bonds. The maximum Gasteiger partial charge on any atom is -0.0292 e. The van der Waals surface area contributed by atoms with Gasteiger partial charge in [-0.05, 0) is 47.8 Å². The first-order valence-corrected chi connectivity index (χ1v) is 6.75. The van der Waals surface area contributed by atoms with Crippen molar-refractivity contribution in [3.8, 4) is 0 Å². The molecule has 1 atom stereocenters. The third-order valence-corrected chi connectivity index (χ3v) is 5.22. The van der Waals surface area contributed by atoms with E-state index >= 15 is 0 Å². The van der Waals surface area contributed by atoms with E-state index in [2.05, 4.69) is 34.6 Å². The molecule has 0 spiro atoms. The molecular formula is C15H28. The number of hydrogen-bond acceptors (Lipinski definition) is 0. The molecule has 0 heterocycles. The van der Waals surface area contributed by atoms with E-state index in [1.807, 2.05) is 0 Å². The summed E-state index contributed by atoms with van der Waals surface area (Å²) in [6.07, 6.45) is 8.79. The lowest BCUT2D eigenvalue weighted by Crippen LogP contribution is -2.32. The van der Waals surface area contributed by atoms with Gasteiger partial charge in [0.15, 0.2) is 0 Å². The van der Waals surface area contributed by atoms with Crippen LogP contribution in [0.2, 0.25) is 0 Å². The van der Waals surface area contributed by atoms with Crippen LogP contribution in [0.1, 0.15) is 73.1 Å². The third-order valence-electron chi connectivity index (χ3n) is 5.22. The molecule has 15 heavy (non-hydrogen) atoms. The van der Waals surface area contributed by atoms with Crippen LogP contribution in [0.15, 0.2) is 0 Å². The van der Waals surface area contributed by atoms with E-state index in [1.54, 1.807) is 0 Å². The highest BCUT2D eigenvalue weighted by Gasteiger charge is 2.52. The van der Waals surface area contributed by atoms with Crippen molar-refractivity contribution in [2.75, 3.05) is 0 Å². The van der Waals surface area contributed by atoms with E-state index in [1.165, 1.54) is 38.5 Å². The molecule has 0 aromatic heterocycles. The first-order valence-electron chi connectivity index (χ1n) is 6.75. The molecule has 2 aliphatic rings. The highest BCUT2D eigenvalue weighted by molar-refractivity contribution is 5.02. The van der Waals surface area contributed by atoms with Gasteiger partial charge in [0.05, 0.1) is 0 Å². The Labute approximate surface area is 95.8 Å². The van der Waals surface area contributed by atoms with Crippen LogP contribution in [0.25, 0.3) is 0 Å². The first-order chi connectivity index (χ1) is 6.75. The monoisotopic (exact) mass is 208 g/mol. The fourth-order valence-electron chi connectivity index (χ4n) is 4.98. The number of hydrogen-bond donors (Lipinski definition) is 0. The van der Waals surface area contributed by atoms with E-state index in [4.69, 9.17) is 0 Å². The molecule has 2 rings (SSSR count). The highest BCUT2D eigenvalue weighted by Crippen LogP contribution is 2.62. The molecule has 2 aliphatic carbocycles. The van der Waals surface area contributed by atoms with E-state index in [0.29, 0.717) is 16.2 Å². The maximum absolute atomic E-state index is 2.56. The predicted octanol–water partition coefficient (Wildman–Crippen LogP) is 5.03. The Morgan fingerprint density at radius 2 is 1.40 bits per heavy atom. The van der Waals surface area contributed by atoms with Crippen molar-refractivity contribution in [1.82, 2.24) is 0 Å². The van der Waals surface area contributed by atoms with Gasteiger partial charge in [0.1, 0.15) is 0 Å². The van der Waals surface area contributed by atoms with E-state index < -0.39 is 0 Å². The van der Waals surface area contributed by atoms with Crippen molar-refractivity contribution >= 4 is 0 Å². The standard InChI is InChI=1S/C15H28/c1-13(2)10-12(14(3,4)11-13)15(5)8-6-7-9-15/h12H,6-11H2,1-5H3. The van der Waals surface area contributed by atoms with Gasteiger partial charge in [-0.25, -0.2) is 0 Å². The molecule has 0 N–H and O–H groups in total. The molecule has 0 heteroatoms. The quantitative estimate of drug-likeness (QED) is 0.567. The van der Waals surface area contributed by atoms with Crippen LogP contribution in [-0.4, -0.2) is 0 Å². The van der Waals surface area contributed by atoms with Crippen molar-refractivity contribution in [2.45, 2.75) is 73.1 Å². The second-order valence-corrected chi connectivity index (χ2v) is 7.95. The first kappa shape index (κ1) is 11.5. The highest BCUT2D eigenvalue weighted by atomic mass is 14.6. The Morgan fingerprint density at radius 3 is 1.80 bits per heavy atom. The van der Waals surface area contributed by atoms with Gasteiger partial charge in [0, 0.05) is 0 Å². The summed E-state index contributed by atoms with van der Waals surface area (Å²) in [6, 6.07) is 0. The van der Waals surface area contributed by atoms with Gasteiger partial charge in [-0.3, -0.25) is 0 Å². The van der Waals surface area contributed by atoms with Gasteiger partial charge >= 0.3 is 0 Å². The minimum Gasteiger partial charge on any atom is -0.0599 e. The zero-order valence-electron chi connectivity index (χ0n) is 11.3. The van der Waals surface area contributed by atoms with E-state index in [9.17, 15) is 0 Å². The molecule has 1 unspecified atom stereocenters. The zero-order chi connectivity index (χ0) is 11.3. The van der Waals surface area contributed by atoms with Crippen molar-refractivity contribution in [3.63, 3.8) is 0 Å². The molecular weight excluding hydrogens is 180 g/mol.